The van der Waals surface area contributed by atoms with Gasteiger partial charge in [-0.05, 0) is 0 Å². The summed E-state index contributed by atoms with van der Waals surface area (Å²) in [5, 5.41) is 21.2. The van der Waals surface area contributed by atoms with Gasteiger partial charge in [-0.2, -0.15) is 0 Å². The lowest BCUT2D eigenvalue weighted by Crippen LogP contribution is -2.54. The summed E-state index contributed by atoms with van der Waals surface area (Å²) in [4.78, 5) is 33.1. The van der Waals surface area contributed by atoms with E-state index in [-0.39, 0.29) is 0 Å². The molecule has 0 aliphatic heterocycles. The third kappa shape index (κ3) is 7.55. The van der Waals surface area contributed by atoms with Crippen molar-refractivity contribution in [3.05, 3.63) is 0 Å². The lowest BCUT2D eigenvalue weighted by atomic mass is 10.0. The molecule has 0 aromatic carbocycles. The fourth-order valence-corrected chi connectivity index (χ4v) is 1.57. The molecular formula is C12H20N2O8. The van der Waals surface area contributed by atoms with Gasteiger partial charge in [0.15, 0.2) is 12.2 Å². The fraction of sp³-hybridized carbons (Fsp3) is 0.667. The van der Waals surface area contributed by atoms with E-state index in [0.29, 0.717) is 0 Å². The van der Waals surface area contributed by atoms with Gasteiger partial charge in [0, 0.05) is 20.8 Å². The van der Waals surface area contributed by atoms with Crippen LogP contribution in [0.4, 0.5) is 0 Å². The highest BCUT2D eigenvalue weighted by molar-refractivity contribution is 5.70. The molecular weight excluding hydrogens is 300 g/mol. The second-order valence-electron chi connectivity index (χ2n) is 4.36. The maximum Gasteiger partial charge on any atom is 0.303 e. The van der Waals surface area contributed by atoms with E-state index in [9.17, 15) is 19.5 Å². The van der Waals surface area contributed by atoms with Crippen LogP contribution in [0.2, 0.25) is 0 Å². The predicted molar refractivity (Wildman–Crippen MR) is 72.0 cm³/mol. The monoisotopic (exact) mass is 320 g/mol. The van der Waals surface area contributed by atoms with Gasteiger partial charge in [0.25, 0.3) is 0 Å². The van der Waals surface area contributed by atoms with E-state index in [1.54, 1.807) is 0 Å². The van der Waals surface area contributed by atoms with Crippen molar-refractivity contribution in [1.82, 2.24) is 0 Å². The van der Waals surface area contributed by atoms with Gasteiger partial charge in [-0.3, -0.25) is 14.4 Å². The van der Waals surface area contributed by atoms with Crippen molar-refractivity contribution in [1.29, 1.82) is 0 Å². The first kappa shape index (κ1) is 19.8. The second-order valence-corrected chi connectivity index (χ2v) is 4.36. The molecule has 4 N–H and O–H groups in total. The highest BCUT2D eigenvalue weighted by Crippen LogP contribution is 2.14. The highest BCUT2D eigenvalue weighted by Gasteiger charge is 2.38. The zero-order valence-electron chi connectivity index (χ0n) is 12.5. The number of aliphatic hydroxyl groups excluding tert-OH is 1. The molecule has 0 saturated heterocycles. The molecule has 10 nitrogen and oxygen atoms in total. The van der Waals surface area contributed by atoms with Crippen molar-refractivity contribution >= 4 is 24.1 Å². The summed E-state index contributed by atoms with van der Waals surface area (Å²) in [5.41, 5.74) is 5.65. The smallest absolute Gasteiger partial charge is 0.303 e. The van der Waals surface area contributed by atoms with Crippen molar-refractivity contribution in [3.63, 3.8) is 0 Å². The van der Waals surface area contributed by atoms with Crippen LogP contribution in [-0.2, 0) is 28.6 Å². The van der Waals surface area contributed by atoms with Crippen LogP contribution < -0.4 is 5.73 Å². The van der Waals surface area contributed by atoms with Gasteiger partial charge in [-0.1, -0.05) is 0 Å². The molecule has 0 aliphatic carbocycles. The number of esters is 3. The molecule has 22 heavy (non-hydrogen) atoms. The number of rotatable bonds is 8. The van der Waals surface area contributed by atoms with Crippen LogP contribution in [0.5, 0.6) is 0 Å². The third-order valence-electron chi connectivity index (χ3n) is 2.38. The van der Waals surface area contributed by atoms with Gasteiger partial charge in [-0.15, -0.1) is 5.16 Å². The molecule has 0 aromatic rings. The first-order valence-electron chi connectivity index (χ1n) is 6.28. The summed E-state index contributed by atoms with van der Waals surface area (Å²) in [5.74, 6) is -2.20. The zero-order chi connectivity index (χ0) is 17.3. The Morgan fingerprint density at radius 3 is 2.00 bits per heavy atom. The van der Waals surface area contributed by atoms with Crippen LogP contribution in [0.3, 0.4) is 0 Å². The fourth-order valence-electron chi connectivity index (χ4n) is 1.57. The summed E-state index contributed by atoms with van der Waals surface area (Å²) in [6.07, 6.45) is -3.44. The number of carbonyl (C=O) groups is 3. The number of nitrogens with two attached hydrogens (primary N) is 1. The predicted octanol–water partition coefficient (Wildman–Crippen LogP) is -1.44. The number of aliphatic hydroxyl groups is 1. The average molecular weight is 320 g/mol. The molecule has 0 saturated carbocycles. The molecule has 0 rings (SSSR count). The lowest BCUT2D eigenvalue weighted by molar-refractivity contribution is -0.179. The molecule has 10 heteroatoms. The minimum absolute atomic E-state index is 0.506. The van der Waals surface area contributed by atoms with Crippen molar-refractivity contribution in [3.8, 4) is 0 Å². The van der Waals surface area contributed by atoms with Crippen molar-refractivity contribution in [2.75, 3.05) is 6.61 Å². The number of nitrogens with zero attached hydrogens (tertiary/aromatic N) is 1. The Hall–Kier alpha value is -2.20. The Balaban J connectivity index is 5.29. The molecule has 0 bridgehead atoms. The van der Waals surface area contributed by atoms with Crippen LogP contribution in [0.1, 0.15) is 20.8 Å². The first-order chi connectivity index (χ1) is 10.2. The van der Waals surface area contributed by atoms with Gasteiger partial charge < -0.3 is 30.3 Å². The maximum atomic E-state index is 11.2. The Kier molecular flexibility index (Phi) is 8.72. The Bertz CT molecular complexity index is 425. The Morgan fingerprint density at radius 1 is 1.09 bits per heavy atom. The van der Waals surface area contributed by atoms with Crippen LogP contribution >= 0.6 is 0 Å². The van der Waals surface area contributed by atoms with E-state index in [0.717, 1.165) is 27.0 Å². The maximum absolute atomic E-state index is 11.2. The zero-order valence-corrected chi connectivity index (χ0v) is 12.5. The minimum atomic E-state index is -1.50. The summed E-state index contributed by atoms with van der Waals surface area (Å²) >= 11 is 0. The van der Waals surface area contributed by atoms with Crippen molar-refractivity contribution < 1.29 is 38.9 Å². The molecule has 0 radical (unpaired) electrons. The second kappa shape index (κ2) is 9.68. The molecule has 3 unspecified atom stereocenters. The summed E-state index contributed by atoms with van der Waals surface area (Å²) in [6, 6.07) is -1.18. The minimum Gasteiger partial charge on any atom is -0.463 e. The largest absolute Gasteiger partial charge is 0.463 e. The van der Waals surface area contributed by atoms with Gasteiger partial charge in [-0.25, -0.2) is 0 Å². The van der Waals surface area contributed by atoms with E-state index in [1.165, 1.54) is 0 Å². The summed E-state index contributed by atoms with van der Waals surface area (Å²) in [7, 11) is 0. The quantitative estimate of drug-likeness (QED) is 0.160. The van der Waals surface area contributed by atoms with Crippen LogP contribution in [0, 0.1) is 0 Å². The van der Waals surface area contributed by atoms with Gasteiger partial charge in [0.2, 0.25) is 0 Å². The van der Waals surface area contributed by atoms with E-state index in [1.807, 2.05) is 0 Å². The lowest BCUT2D eigenvalue weighted by Gasteiger charge is -2.31. The standard InChI is InChI=1S/C12H20N2O8/c1-6(15)20-5-10(18)12(22-8(3)17)11(21-7(2)16)9(13)4-14-19/h4,9-12,18-19H,5,13H2,1-3H3/b14-4+/t9?,10?,11?,12-/m1/s1. The van der Waals surface area contributed by atoms with Gasteiger partial charge in [0.1, 0.15) is 12.7 Å². The summed E-state index contributed by atoms with van der Waals surface area (Å²) in [6.45, 7) is 2.77. The number of hydrogen-bond donors (Lipinski definition) is 3. The number of carbonyl (C=O) groups excluding carboxylic acids is 3. The molecule has 0 heterocycles. The first-order valence-corrected chi connectivity index (χ1v) is 6.28. The molecule has 0 aliphatic rings. The van der Waals surface area contributed by atoms with Crippen molar-refractivity contribution in [2.45, 2.75) is 45.1 Å². The summed E-state index contributed by atoms with van der Waals surface area (Å²) < 4.78 is 14.4. The molecule has 0 aromatic heterocycles. The van der Waals surface area contributed by atoms with Crippen LogP contribution in [0.15, 0.2) is 5.16 Å². The van der Waals surface area contributed by atoms with E-state index in [2.05, 4.69) is 9.89 Å². The normalized spacial score (nSPS) is 16.4. The van der Waals surface area contributed by atoms with E-state index in [4.69, 9.17) is 20.4 Å². The van der Waals surface area contributed by atoms with Crippen LogP contribution in [0.25, 0.3) is 0 Å². The van der Waals surface area contributed by atoms with E-state index < -0.39 is 48.9 Å². The third-order valence-corrected chi connectivity index (χ3v) is 2.38. The Labute approximate surface area is 126 Å². The van der Waals surface area contributed by atoms with Crippen molar-refractivity contribution in [2.24, 2.45) is 10.9 Å². The molecule has 0 spiro atoms. The molecule has 4 atom stereocenters. The van der Waals surface area contributed by atoms with Gasteiger partial charge >= 0.3 is 17.9 Å². The Morgan fingerprint density at radius 2 is 1.59 bits per heavy atom. The number of hydrogen-bond acceptors (Lipinski definition) is 10. The highest BCUT2D eigenvalue weighted by atomic mass is 16.6. The SMILES string of the molecule is CC(=O)OCC(O)[C@@H](OC(C)=O)C(OC(C)=O)C(N)/C=N/O. The number of ether oxygens (including phenoxy) is 3. The van der Waals surface area contributed by atoms with Gasteiger partial charge in [0.05, 0.1) is 12.3 Å². The average Bonchev–Trinajstić information content (AvgIpc) is 2.39. The molecule has 0 amide bonds. The van der Waals surface area contributed by atoms with E-state index >= 15 is 0 Å². The topological polar surface area (TPSA) is 158 Å². The van der Waals surface area contributed by atoms with Crippen LogP contribution in [-0.4, -0.2) is 65.4 Å². The molecule has 126 valence electrons. The number of oxime groups is 1. The molecule has 0 fully saturated rings.